The Labute approximate surface area is 104 Å². The Balaban J connectivity index is 2.54. The van der Waals surface area contributed by atoms with E-state index < -0.39 is 0 Å². The number of pyridine rings is 1. The molecule has 2 aromatic rings. The van der Waals surface area contributed by atoms with Crippen LogP contribution in [0.15, 0.2) is 24.5 Å². The minimum atomic E-state index is 0.574. The van der Waals surface area contributed by atoms with Crippen molar-refractivity contribution >= 4 is 11.3 Å². The largest absolute Gasteiger partial charge is 0.483 e. The van der Waals surface area contributed by atoms with Gasteiger partial charge < -0.3 is 4.74 Å². The summed E-state index contributed by atoms with van der Waals surface area (Å²) in [6.07, 6.45) is 3.50. The van der Waals surface area contributed by atoms with Crippen LogP contribution in [0.4, 0.5) is 0 Å². The SMILES string of the molecule is CCOc1sc(-c2ccncc2)c(C)c1C#N. The highest BCUT2D eigenvalue weighted by Crippen LogP contribution is 2.40. The first-order valence-corrected chi connectivity index (χ1v) is 6.16. The molecule has 0 fully saturated rings. The molecule has 0 aliphatic rings. The Morgan fingerprint density at radius 2 is 2.12 bits per heavy atom. The maximum atomic E-state index is 9.15. The van der Waals surface area contributed by atoms with E-state index in [2.05, 4.69) is 11.1 Å². The lowest BCUT2D eigenvalue weighted by Gasteiger charge is -1.97. The number of hydrogen-bond acceptors (Lipinski definition) is 4. The van der Waals surface area contributed by atoms with Crippen molar-refractivity contribution in [2.45, 2.75) is 13.8 Å². The van der Waals surface area contributed by atoms with Gasteiger partial charge in [0.05, 0.1) is 6.61 Å². The fourth-order valence-electron chi connectivity index (χ4n) is 1.63. The van der Waals surface area contributed by atoms with Crippen LogP contribution in [0, 0.1) is 18.3 Å². The topological polar surface area (TPSA) is 45.9 Å². The van der Waals surface area contributed by atoms with Gasteiger partial charge in [-0.15, -0.1) is 0 Å². The summed E-state index contributed by atoms with van der Waals surface area (Å²) in [5, 5.41) is 9.86. The van der Waals surface area contributed by atoms with Gasteiger partial charge in [-0.25, -0.2) is 0 Å². The van der Waals surface area contributed by atoms with Gasteiger partial charge in [0.25, 0.3) is 0 Å². The van der Waals surface area contributed by atoms with E-state index >= 15 is 0 Å². The lowest BCUT2D eigenvalue weighted by molar-refractivity contribution is 0.349. The van der Waals surface area contributed by atoms with Crippen LogP contribution >= 0.6 is 11.3 Å². The first-order chi connectivity index (χ1) is 8.27. The van der Waals surface area contributed by atoms with Crippen molar-refractivity contribution in [3.05, 3.63) is 35.7 Å². The summed E-state index contributed by atoms with van der Waals surface area (Å²) in [7, 11) is 0. The Bertz CT molecular complexity index is 555. The number of nitrogens with zero attached hydrogens (tertiary/aromatic N) is 2. The monoisotopic (exact) mass is 244 g/mol. The number of nitriles is 1. The third kappa shape index (κ3) is 2.15. The quantitative estimate of drug-likeness (QED) is 0.831. The van der Waals surface area contributed by atoms with Gasteiger partial charge in [0.2, 0.25) is 0 Å². The fourth-order valence-corrected chi connectivity index (χ4v) is 2.80. The van der Waals surface area contributed by atoms with Gasteiger partial charge in [0.1, 0.15) is 11.6 Å². The second kappa shape index (κ2) is 4.98. The van der Waals surface area contributed by atoms with Crippen LogP contribution in [-0.2, 0) is 0 Å². The van der Waals surface area contributed by atoms with Crippen LogP contribution in [0.3, 0.4) is 0 Å². The molecule has 2 rings (SSSR count). The highest BCUT2D eigenvalue weighted by Gasteiger charge is 2.16. The smallest absolute Gasteiger partial charge is 0.192 e. The molecule has 4 heteroatoms. The lowest BCUT2D eigenvalue weighted by atomic mass is 10.1. The van der Waals surface area contributed by atoms with Crippen molar-refractivity contribution in [3.63, 3.8) is 0 Å². The van der Waals surface area contributed by atoms with Crippen molar-refractivity contribution < 1.29 is 4.74 Å². The molecule has 0 radical (unpaired) electrons. The molecule has 17 heavy (non-hydrogen) atoms. The zero-order valence-corrected chi connectivity index (χ0v) is 10.5. The van der Waals surface area contributed by atoms with Crippen LogP contribution in [0.25, 0.3) is 10.4 Å². The molecule has 0 atom stereocenters. The number of hydrogen-bond donors (Lipinski definition) is 0. The average molecular weight is 244 g/mol. The van der Waals surface area contributed by atoms with Crippen LogP contribution in [0.1, 0.15) is 18.1 Å². The summed E-state index contributed by atoms with van der Waals surface area (Å²) < 4.78 is 5.49. The summed E-state index contributed by atoms with van der Waals surface area (Å²) in [5.74, 6) is 0. The molecule has 0 unspecified atom stereocenters. The molecule has 3 nitrogen and oxygen atoms in total. The predicted octanol–water partition coefficient (Wildman–Crippen LogP) is 3.39. The number of rotatable bonds is 3. The second-order valence-corrected chi connectivity index (χ2v) is 4.48. The normalized spacial score (nSPS) is 9.94. The van der Waals surface area contributed by atoms with E-state index in [1.165, 1.54) is 11.3 Å². The standard InChI is InChI=1S/C13H12N2OS/c1-3-16-13-11(8-14)9(2)12(17-13)10-4-6-15-7-5-10/h4-7H,3H2,1-2H3. The van der Waals surface area contributed by atoms with Crippen LogP contribution in [0.5, 0.6) is 5.06 Å². The van der Waals surface area contributed by atoms with Gasteiger partial charge in [-0.3, -0.25) is 4.98 Å². The van der Waals surface area contributed by atoms with E-state index in [1.807, 2.05) is 26.0 Å². The molecule has 0 amide bonds. The van der Waals surface area contributed by atoms with E-state index in [-0.39, 0.29) is 0 Å². The Morgan fingerprint density at radius 3 is 2.71 bits per heavy atom. The van der Waals surface area contributed by atoms with Gasteiger partial charge in [0.15, 0.2) is 5.06 Å². The highest BCUT2D eigenvalue weighted by molar-refractivity contribution is 7.17. The van der Waals surface area contributed by atoms with E-state index in [0.29, 0.717) is 17.2 Å². The molecule has 0 spiro atoms. The molecule has 0 aliphatic carbocycles. The lowest BCUT2D eigenvalue weighted by Crippen LogP contribution is -1.90. The van der Waals surface area contributed by atoms with Crippen molar-refractivity contribution in [1.82, 2.24) is 4.98 Å². The fraction of sp³-hybridized carbons (Fsp3) is 0.231. The molecule has 86 valence electrons. The Hall–Kier alpha value is -1.86. The second-order valence-electron chi connectivity index (χ2n) is 3.50. The molecule has 0 saturated carbocycles. The highest BCUT2D eigenvalue weighted by atomic mass is 32.1. The zero-order valence-electron chi connectivity index (χ0n) is 9.73. The first kappa shape index (κ1) is 11.6. The van der Waals surface area contributed by atoms with Gasteiger partial charge in [-0.2, -0.15) is 5.26 Å². The Morgan fingerprint density at radius 1 is 1.41 bits per heavy atom. The molecule has 0 saturated heterocycles. The van der Waals surface area contributed by atoms with Gasteiger partial charge >= 0.3 is 0 Å². The molecule has 0 bridgehead atoms. The van der Waals surface area contributed by atoms with Gasteiger partial charge in [0, 0.05) is 17.3 Å². The van der Waals surface area contributed by atoms with Crippen molar-refractivity contribution in [3.8, 4) is 21.6 Å². The summed E-state index contributed by atoms with van der Waals surface area (Å²) in [6, 6.07) is 6.09. The minimum Gasteiger partial charge on any atom is -0.483 e. The van der Waals surface area contributed by atoms with E-state index in [9.17, 15) is 0 Å². The molecule has 2 aromatic heterocycles. The van der Waals surface area contributed by atoms with Crippen molar-refractivity contribution in [2.24, 2.45) is 0 Å². The van der Waals surface area contributed by atoms with Crippen molar-refractivity contribution in [2.75, 3.05) is 6.61 Å². The molecule has 0 N–H and O–H groups in total. The molecular weight excluding hydrogens is 232 g/mol. The molecule has 2 heterocycles. The zero-order chi connectivity index (χ0) is 12.3. The Kier molecular flexibility index (Phi) is 3.40. The third-order valence-corrected chi connectivity index (χ3v) is 3.70. The molecular formula is C13H12N2OS. The van der Waals surface area contributed by atoms with E-state index in [4.69, 9.17) is 10.00 Å². The van der Waals surface area contributed by atoms with Crippen LogP contribution in [-0.4, -0.2) is 11.6 Å². The maximum absolute atomic E-state index is 9.15. The van der Waals surface area contributed by atoms with Crippen LogP contribution in [0.2, 0.25) is 0 Å². The van der Waals surface area contributed by atoms with Crippen LogP contribution < -0.4 is 4.74 Å². The number of aromatic nitrogens is 1. The first-order valence-electron chi connectivity index (χ1n) is 5.34. The van der Waals surface area contributed by atoms with Crippen molar-refractivity contribution in [1.29, 1.82) is 5.26 Å². The van der Waals surface area contributed by atoms with Gasteiger partial charge in [-0.1, -0.05) is 11.3 Å². The molecule has 0 aliphatic heterocycles. The van der Waals surface area contributed by atoms with Gasteiger partial charge in [-0.05, 0) is 37.1 Å². The summed E-state index contributed by atoms with van der Waals surface area (Å²) in [5.41, 5.74) is 2.70. The summed E-state index contributed by atoms with van der Waals surface area (Å²) in [4.78, 5) is 5.07. The number of thiophene rings is 1. The minimum absolute atomic E-state index is 0.574. The molecule has 0 aromatic carbocycles. The average Bonchev–Trinajstić information content (AvgIpc) is 2.67. The predicted molar refractivity (Wildman–Crippen MR) is 68.2 cm³/mol. The number of ether oxygens (including phenoxy) is 1. The third-order valence-electron chi connectivity index (χ3n) is 2.44. The summed E-state index contributed by atoms with van der Waals surface area (Å²) >= 11 is 1.52. The summed E-state index contributed by atoms with van der Waals surface area (Å²) in [6.45, 7) is 4.44. The van der Waals surface area contributed by atoms with E-state index in [0.717, 1.165) is 16.0 Å². The van der Waals surface area contributed by atoms with E-state index in [1.54, 1.807) is 12.4 Å². The maximum Gasteiger partial charge on any atom is 0.192 e.